The van der Waals surface area contributed by atoms with Gasteiger partial charge in [-0.2, -0.15) is 9.40 Å². The molecule has 1 aliphatic rings. The van der Waals surface area contributed by atoms with Gasteiger partial charge >= 0.3 is 0 Å². The number of nitrogens with zero attached hydrogens (tertiary/aromatic N) is 4. The fourth-order valence-electron chi connectivity index (χ4n) is 4.04. The summed E-state index contributed by atoms with van der Waals surface area (Å²) >= 11 is 0. The lowest BCUT2D eigenvalue weighted by Gasteiger charge is -2.15. The number of hydrogen-bond donors (Lipinski definition) is 1. The van der Waals surface area contributed by atoms with Gasteiger partial charge in [0.25, 0.3) is 12.3 Å². The Labute approximate surface area is 200 Å². The van der Waals surface area contributed by atoms with Crippen molar-refractivity contribution in [2.24, 2.45) is 0 Å². The summed E-state index contributed by atoms with van der Waals surface area (Å²) in [5, 5.41) is 6.62. The van der Waals surface area contributed by atoms with Gasteiger partial charge in [-0.1, -0.05) is 30.3 Å². The molecule has 0 bridgehead atoms. The molecule has 0 aliphatic carbocycles. The van der Waals surface area contributed by atoms with Gasteiger partial charge in [0.15, 0.2) is 5.65 Å². The van der Waals surface area contributed by atoms with Crippen LogP contribution in [0, 0.1) is 0 Å². The molecule has 5 rings (SSSR count). The first-order valence-corrected chi connectivity index (χ1v) is 12.4. The molecule has 3 heterocycles. The lowest BCUT2D eigenvalue weighted by atomic mass is 10.1. The smallest absolute Gasteiger partial charge is 0.280 e. The average Bonchev–Trinajstić information content (AvgIpc) is 3.55. The maximum absolute atomic E-state index is 13.8. The molecular weight excluding hydrogens is 476 g/mol. The molecule has 1 saturated heterocycles. The third-order valence-electron chi connectivity index (χ3n) is 5.85. The Balaban J connectivity index is 1.44. The minimum Gasteiger partial charge on any atom is -0.322 e. The second-order valence-corrected chi connectivity index (χ2v) is 10.1. The van der Waals surface area contributed by atoms with Gasteiger partial charge in [-0.3, -0.25) is 4.79 Å². The third kappa shape index (κ3) is 4.40. The number of nitrogens with one attached hydrogen (secondary N) is 1. The van der Waals surface area contributed by atoms with E-state index in [0.717, 1.165) is 17.4 Å². The van der Waals surface area contributed by atoms with Crippen LogP contribution in [0.15, 0.2) is 71.8 Å². The number of anilines is 1. The van der Waals surface area contributed by atoms with Crippen LogP contribution >= 0.6 is 0 Å². The predicted molar refractivity (Wildman–Crippen MR) is 126 cm³/mol. The van der Waals surface area contributed by atoms with Gasteiger partial charge in [-0.05, 0) is 43.2 Å². The summed E-state index contributed by atoms with van der Waals surface area (Å²) in [7, 11) is -3.57. The van der Waals surface area contributed by atoms with Crippen molar-refractivity contribution in [3.63, 3.8) is 0 Å². The molecule has 0 radical (unpaired) electrons. The zero-order valence-corrected chi connectivity index (χ0v) is 19.3. The molecule has 2 aromatic heterocycles. The number of rotatable bonds is 6. The Morgan fingerprint density at radius 1 is 1.00 bits per heavy atom. The van der Waals surface area contributed by atoms with Crippen LogP contribution in [0.1, 0.15) is 35.3 Å². The zero-order valence-electron chi connectivity index (χ0n) is 18.4. The molecule has 8 nitrogen and oxygen atoms in total. The van der Waals surface area contributed by atoms with Crippen molar-refractivity contribution in [2.45, 2.75) is 24.2 Å². The summed E-state index contributed by atoms with van der Waals surface area (Å²) in [6, 6.07) is 15.9. The number of hydrogen-bond acceptors (Lipinski definition) is 5. The van der Waals surface area contributed by atoms with Gasteiger partial charge in [-0.25, -0.2) is 26.7 Å². The number of carbonyl (C=O) groups excluding carboxylic acids is 1. The standard InChI is InChI=1S/C24H21F2N5O3S/c25-22(26)21-14-20(16-6-2-1-3-7-16)29-23-19(15-27-31(21)23)24(32)28-17-8-10-18(11-9-17)35(33,34)30-12-4-5-13-30/h1-3,6-11,14-15,22H,4-5,12-13H2,(H,28,32). The van der Waals surface area contributed by atoms with Crippen LogP contribution in [-0.2, 0) is 10.0 Å². The van der Waals surface area contributed by atoms with E-state index in [1.54, 1.807) is 30.3 Å². The highest BCUT2D eigenvalue weighted by Crippen LogP contribution is 2.27. The van der Waals surface area contributed by atoms with Crippen molar-refractivity contribution < 1.29 is 22.0 Å². The Morgan fingerprint density at radius 2 is 1.69 bits per heavy atom. The highest BCUT2D eigenvalue weighted by atomic mass is 32.2. The van der Waals surface area contributed by atoms with Crippen LogP contribution < -0.4 is 5.32 Å². The van der Waals surface area contributed by atoms with E-state index in [1.165, 1.54) is 40.8 Å². The van der Waals surface area contributed by atoms with Gasteiger partial charge in [0.2, 0.25) is 10.0 Å². The quantitative estimate of drug-likeness (QED) is 0.427. The fourth-order valence-corrected chi connectivity index (χ4v) is 5.56. The van der Waals surface area contributed by atoms with Gasteiger partial charge in [0.1, 0.15) is 11.3 Å². The molecule has 2 aromatic carbocycles. The fraction of sp³-hybridized carbons (Fsp3) is 0.208. The Hall–Kier alpha value is -3.70. The second kappa shape index (κ2) is 9.16. The average molecular weight is 498 g/mol. The minimum atomic E-state index is -3.57. The van der Waals surface area contributed by atoms with Crippen molar-refractivity contribution >= 4 is 27.3 Å². The first kappa shape index (κ1) is 23.1. The van der Waals surface area contributed by atoms with E-state index in [-0.39, 0.29) is 21.8 Å². The van der Waals surface area contributed by atoms with Crippen LogP contribution in [0.3, 0.4) is 0 Å². The lowest BCUT2D eigenvalue weighted by Crippen LogP contribution is -2.27. The van der Waals surface area contributed by atoms with Gasteiger partial charge in [0.05, 0.1) is 16.8 Å². The van der Waals surface area contributed by atoms with Crippen LogP contribution in [0.4, 0.5) is 14.5 Å². The largest absolute Gasteiger partial charge is 0.322 e. The van der Waals surface area contributed by atoms with E-state index in [2.05, 4.69) is 15.4 Å². The first-order valence-electron chi connectivity index (χ1n) is 11.0. The van der Waals surface area contributed by atoms with Gasteiger partial charge in [-0.15, -0.1) is 0 Å². The number of amides is 1. The molecule has 0 unspecified atom stereocenters. The lowest BCUT2D eigenvalue weighted by molar-refractivity contribution is 0.102. The highest BCUT2D eigenvalue weighted by molar-refractivity contribution is 7.89. The zero-order chi connectivity index (χ0) is 24.6. The van der Waals surface area contributed by atoms with Crippen molar-refractivity contribution in [1.29, 1.82) is 0 Å². The van der Waals surface area contributed by atoms with E-state index in [1.807, 2.05) is 0 Å². The summed E-state index contributed by atoms with van der Waals surface area (Å²) in [5.74, 6) is -0.604. The Bertz CT molecular complexity index is 1480. The number of aromatic nitrogens is 3. The number of alkyl halides is 2. The molecule has 180 valence electrons. The topological polar surface area (TPSA) is 96.7 Å². The summed E-state index contributed by atoms with van der Waals surface area (Å²) in [6.45, 7) is 0.988. The molecule has 1 amide bonds. The van der Waals surface area contributed by atoms with E-state index < -0.39 is 22.4 Å². The summed E-state index contributed by atoms with van der Waals surface area (Å²) < 4.78 is 55.3. The number of benzene rings is 2. The molecule has 4 aromatic rings. The molecule has 0 atom stereocenters. The molecule has 0 spiro atoms. The van der Waals surface area contributed by atoms with Crippen LogP contribution in [0.2, 0.25) is 0 Å². The van der Waals surface area contributed by atoms with Crippen molar-refractivity contribution in [1.82, 2.24) is 18.9 Å². The first-order chi connectivity index (χ1) is 16.8. The van der Waals surface area contributed by atoms with Crippen LogP contribution in [0.25, 0.3) is 16.9 Å². The molecule has 1 fully saturated rings. The molecule has 1 N–H and O–H groups in total. The maximum Gasteiger partial charge on any atom is 0.280 e. The van der Waals surface area contributed by atoms with E-state index >= 15 is 0 Å². The summed E-state index contributed by atoms with van der Waals surface area (Å²) in [4.78, 5) is 17.6. The van der Waals surface area contributed by atoms with Crippen molar-refractivity contribution in [3.05, 3.63) is 78.1 Å². The van der Waals surface area contributed by atoms with Gasteiger partial charge < -0.3 is 5.32 Å². The number of sulfonamides is 1. The molecule has 0 saturated carbocycles. The Morgan fingerprint density at radius 3 is 2.34 bits per heavy atom. The van der Waals surface area contributed by atoms with Crippen LogP contribution in [-0.4, -0.2) is 46.3 Å². The molecular formula is C24H21F2N5O3S. The highest BCUT2D eigenvalue weighted by Gasteiger charge is 2.27. The van der Waals surface area contributed by atoms with Gasteiger partial charge in [0, 0.05) is 24.3 Å². The SMILES string of the molecule is O=C(Nc1ccc(S(=O)(=O)N2CCCC2)cc1)c1cnn2c(C(F)F)cc(-c3ccccc3)nc12. The summed E-state index contributed by atoms with van der Waals surface area (Å²) in [6.07, 6.45) is 0.0226. The molecule has 11 heteroatoms. The van der Waals surface area contributed by atoms with Crippen molar-refractivity contribution in [2.75, 3.05) is 18.4 Å². The third-order valence-corrected chi connectivity index (χ3v) is 7.76. The number of carbonyl (C=O) groups is 1. The van der Waals surface area contributed by atoms with Crippen molar-refractivity contribution in [3.8, 4) is 11.3 Å². The monoisotopic (exact) mass is 497 g/mol. The maximum atomic E-state index is 13.8. The normalized spacial score (nSPS) is 14.6. The number of halogens is 2. The Kier molecular flexibility index (Phi) is 6.03. The van der Waals surface area contributed by atoms with E-state index in [0.29, 0.717) is 30.0 Å². The van der Waals surface area contributed by atoms with Crippen LogP contribution in [0.5, 0.6) is 0 Å². The predicted octanol–water partition coefficient (Wildman–Crippen LogP) is 4.37. The van der Waals surface area contributed by atoms with E-state index in [4.69, 9.17) is 0 Å². The summed E-state index contributed by atoms with van der Waals surface area (Å²) in [5.41, 5.74) is 0.886. The van der Waals surface area contributed by atoms with E-state index in [9.17, 15) is 22.0 Å². The minimum absolute atomic E-state index is 0.00705. The number of fused-ring (bicyclic) bond motifs is 1. The molecule has 35 heavy (non-hydrogen) atoms. The molecule has 1 aliphatic heterocycles. The second-order valence-electron chi connectivity index (χ2n) is 8.12.